The van der Waals surface area contributed by atoms with Crippen LogP contribution in [0.25, 0.3) is 0 Å². The van der Waals surface area contributed by atoms with Crippen molar-refractivity contribution in [1.29, 1.82) is 0 Å². The summed E-state index contributed by atoms with van der Waals surface area (Å²) < 4.78 is 43.4. The fraction of sp³-hybridized carbons (Fsp3) is 0.357. The van der Waals surface area contributed by atoms with Crippen molar-refractivity contribution in [2.75, 3.05) is 13.2 Å². The minimum Gasteiger partial charge on any atom is -0.502 e. The topological polar surface area (TPSA) is 58.6 Å². The maximum atomic E-state index is 12.9. The monoisotopic (exact) mass is 337 g/mol. The van der Waals surface area contributed by atoms with Crippen molar-refractivity contribution in [2.45, 2.75) is 18.7 Å². The van der Waals surface area contributed by atoms with Gasteiger partial charge in [-0.05, 0) is 37.3 Å². The van der Waals surface area contributed by atoms with Crippen LogP contribution in [0.2, 0.25) is 5.02 Å². The zero-order chi connectivity index (χ0) is 16.8. The Bertz CT molecular complexity index is 531. The molecule has 0 aliphatic carbocycles. The molecule has 1 aromatic carbocycles. The van der Waals surface area contributed by atoms with Gasteiger partial charge < -0.3 is 15.2 Å². The highest BCUT2D eigenvalue weighted by Crippen LogP contribution is 2.31. The first kappa shape index (κ1) is 18.3. The van der Waals surface area contributed by atoms with Crippen LogP contribution in [-0.4, -0.2) is 35.9 Å². The lowest BCUT2D eigenvalue weighted by Crippen LogP contribution is -2.52. The van der Waals surface area contributed by atoms with Gasteiger partial charge in [0.2, 0.25) is 0 Å². The number of carbonyl (C=O) groups is 1. The molecule has 0 fully saturated rings. The van der Waals surface area contributed by atoms with E-state index in [2.05, 4.69) is 4.74 Å². The Hall–Kier alpha value is -1.73. The molecule has 0 saturated heterocycles. The summed E-state index contributed by atoms with van der Waals surface area (Å²) in [6.45, 7) is 0.697. The maximum Gasteiger partial charge on any atom is 0.422 e. The summed E-state index contributed by atoms with van der Waals surface area (Å²) in [6, 6.07) is 5.59. The largest absolute Gasteiger partial charge is 0.502 e. The van der Waals surface area contributed by atoms with E-state index in [0.717, 1.165) is 6.26 Å². The van der Waals surface area contributed by atoms with Crippen LogP contribution < -0.4 is 5.32 Å². The molecule has 1 amide bonds. The van der Waals surface area contributed by atoms with E-state index in [-0.39, 0.29) is 12.2 Å². The summed E-state index contributed by atoms with van der Waals surface area (Å²) in [5, 5.41) is 12.1. The zero-order valence-corrected chi connectivity index (χ0v) is 12.4. The van der Waals surface area contributed by atoms with E-state index in [0.29, 0.717) is 11.1 Å². The Kier molecular flexibility index (Phi) is 6.25. The maximum absolute atomic E-state index is 12.9. The highest BCUT2D eigenvalue weighted by molar-refractivity contribution is 6.30. The minimum absolute atomic E-state index is 0.128. The molecule has 122 valence electrons. The normalized spacial score (nSPS) is 14.6. The third-order valence-electron chi connectivity index (χ3n) is 2.72. The molecule has 0 aliphatic heterocycles. The van der Waals surface area contributed by atoms with Crippen molar-refractivity contribution in [3.8, 4) is 0 Å². The summed E-state index contributed by atoms with van der Waals surface area (Å²) in [4.78, 5) is 11.8. The fourth-order valence-electron chi connectivity index (χ4n) is 1.43. The van der Waals surface area contributed by atoms with Crippen LogP contribution in [0.4, 0.5) is 13.2 Å². The first-order valence-corrected chi connectivity index (χ1v) is 6.69. The zero-order valence-electron chi connectivity index (χ0n) is 11.7. The van der Waals surface area contributed by atoms with Gasteiger partial charge in [-0.15, -0.1) is 0 Å². The average molecular weight is 338 g/mol. The Balaban J connectivity index is 2.79. The predicted octanol–water partition coefficient (Wildman–Crippen LogP) is 2.91. The van der Waals surface area contributed by atoms with Crippen LogP contribution in [0.5, 0.6) is 0 Å². The number of hydrogen-bond acceptors (Lipinski definition) is 3. The molecule has 0 radical (unpaired) electrons. The van der Waals surface area contributed by atoms with Crippen LogP contribution in [0.15, 0.2) is 36.6 Å². The quantitative estimate of drug-likeness (QED) is 0.785. The summed E-state index contributed by atoms with van der Waals surface area (Å²) in [6.07, 6.45) is -3.76. The Morgan fingerprint density at radius 2 is 1.95 bits per heavy atom. The molecule has 4 nitrogen and oxygen atoms in total. The standard InChI is InChI=1S/C14H15ClF3NO3/c1-2-22-8-7-13(21,14(16,17)18)9-19-12(20)10-3-5-11(15)6-4-10/h3-8,21H,2,9H2,1H3,(H,19,20)/b8-7+/t13-/m1/s1. The number of amides is 1. The van der Waals surface area contributed by atoms with E-state index in [4.69, 9.17) is 11.6 Å². The summed E-state index contributed by atoms with van der Waals surface area (Å²) in [5.74, 6) is -0.760. The summed E-state index contributed by atoms with van der Waals surface area (Å²) in [7, 11) is 0. The minimum atomic E-state index is -4.96. The van der Waals surface area contributed by atoms with Gasteiger partial charge in [-0.2, -0.15) is 13.2 Å². The number of hydrogen-bond donors (Lipinski definition) is 2. The lowest BCUT2D eigenvalue weighted by molar-refractivity contribution is -0.237. The number of rotatable bonds is 6. The number of halogens is 4. The molecule has 8 heteroatoms. The van der Waals surface area contributed by atoms with E-state index < -0.39 is 24.2 Å². The van der Waals surface area contributed by atoms with Gasteiger partial charge in [-0.1, -0.05) is 11.6 Å². The molecule has 0 aliphatic rings. The molecule has 1 atom stereocenters. The van der Waals surface area contributed by atoms with Gasteiger partial charge in [0.05, 0.1) is 19.4 Å². The van der Waals surface area contributed by atoms with E-state index in [1.54, 1.807) is 6.92 Å². The average Bonchev–Trinajstić information content (AvgIpc) is 2.44. The van der Waals surface area contributed by atoms with Crippen LogP contribution in [0.1, 0.15) is 17.3 Å². The third kappa shape index (κ3) is 4.92. The second-order valence-corrected chi connectivity index (χ2v) is 4.81. The molecular formula is C14H15ClF3NO3. The lowest BCUT2D eigenvalue weighted by atomic mass is 10.0. The molecular weight excluding hydrogens is 323 g/mol. The Morgan fingerprint density at radius 3 is 2.45 bits per heavy atom. The number of ether oxygens (including phenoxy) is 1. The van der Waals surface area contributed by atoms with E-state index in [1.807, 2.05) is 5.32 Å². The molecule has 1 aromatic rings. The van der Waals surface area contributed by atoms with Crippen molar-refractivity contribution in [3.63, 3.8) is 0 Å². The number of nitrogens with one attached hydrogen (secondary N) is 1. The Morgan fingerprint density at radius 1 is 1.36 bits per heavy atom. The van der Waals surface area contributed by atoms with E-state index in [9.17, 15) is 23.1 Å². The third-order valence-corrected chi connectivity index (χ3v) is 2.97. The second-order valence-electron chi connectivity index (χ2n) is 4.37. The van der Waals surface area contributed by atoms with Gasteiger partial charge in [0.25, 0.3) is 5.91 Å². The van der Waals surface area contributed by atoms with Gasteiger partial charge >= 0.3 is 6.18 Å². The molecule has 0 saturated carbocycles. The van der Waals surface area contributed by atoms with Gasteiger partial charge in [-0.3, -0.25) is 4.79 Å². The molecule has 0 heterocycles. The number of aliphatic hydroxyl groups is 1. The van der Waals surface area contributed by atoms with Crippen LogP contribution in [-0.2, 0) is 4.74 Å². The van der Waals surface area contributed by atoms with Crippen molar-refractivity contribution < 1.29 is 27.8 Å². The highest BCUT2D eigenvalue weighted by atomic mass is 35.5. The fourth-order valence-corrected chi connectivity index (χ4v) is 1.55. The molecule has 0 aromatic heterocycles. The molecule has 0 unspecified atom stereocenters. The number of benzene rings is 1. The van der Waals surface area contributed by atoms with Gasteiger partial charge in [0, 0.05) is 10.6 Å². The molecule has 22 heavy (non-hydrogen) atoms. The first-order valence-electron chi connectivity index (χ1n) is 6.32. The van der Waals surface area contributed by atoms with E-state index >= 15 is 0 Å². The predicted molar refractivity (Wildman–Crippen MR) is 75.6 cm³/mol. The van der Waals surface area contributed by atoms with Crippen LogP contribution in [0.3, 0.4) is 0 Å². The number of carbonyl (C=O) groups excluding carboxylic acids is 1. The van der Waals surface area contributed by atoms with Crippen LogP contribution >= 0.6 is 11.6 Å². The van der Waals surface area contributed by atoms with Gasteiger partial charge in [0.1, 0.15) is 0 Å². The molecule has 0 spiro atoms. The van der Waals surface area contributed by atoms with Crippen molar-refractivity contribution in [3.05, 3.63) is 47.2 Å². The number of alkyl halides is 3. The molecule has 0 bridgehead atoms. The van der Waals surface area contributed by atoms with Crippen LogP contribution in [0, 0.1) is 0 Å². The Labute approximate surface area is 130 Å². The van der Waals surface area contributed by atoms with E-state index in [1.165, 1.54) is 24.3 Å². The van der Waals surface area contributed by atoms with Gasteiger partial charge in [0.15, 0.2) is 5.60 Å². The first-order chi connectivity index (χ1) is 10.2. The lowest BCUT2D eigenvalue weighted by Gasteiger charge is -2.27. The summed E-state index contributed by atoms with van der Waals surface area (Å²) in [5.41, 5.74) is -3.09. The van der Waals surface area contributed by atoms with Crippen molar-refractivity contribution >= 4 is 17.5 Å². The van der Waals surface area contributed by atoms with Gasteiger partial charge in [-0.25, -0.2) is 0 Å². The second kappa shape index (κ2) is 7.51. The SMILES string of the molecule is CCO/C=C/[C@@](O)(CNC(=O)c1ccc(Cl)cc1)C(F)(F)F. The highest BCUT2D eigenvalue weighted by Gasteiger charge is 2.52. The van der Waals surface area contributed by atoms with Crippen molar-refractivity contribution in [2.24, 2.45) is 0 Å². The molecule has 2 N–H and O–H groups in total. The van der Waals surface area contributed by atoms with Crippen molar-refractivity contribution in [1.82, 2.24) is 5.32 Å². The smallest absolute Gasteiger partial charge is 0.422 e. The molecule has 1 rings (SSSR count). The summed E-state index contributed by atoms with van der Waals surface area (Å²) >= 11 is 5.65.